The first-order chi connectivity index (χ1) is 36.0. The van der Waals surface area contributed by atoms with Crippen molar-refractivity contribution in [3.05, 3.63) is 260 Å². The summed E-state index contributed by atoms with van der Waals surface area (Å²) < 4.78 is 7.39. The van der Waals surface area contributed by atoms with Crippen LogP contribution in [0, 0.1) is 0 Å². The molecule has 1 heterocycles. The normalized spacial score (nSPS) is 12.9. The van der Waals surface area contributed by atoms with Crippen LogP contribution in [0.4, 0.5) is 17.1 Å². The van der Waals surface area contributed by atoms with E-state index in [-0.39, 0.29) is 5.41 Å². The molecule has 0 unspecified atom stereocenters. The molecule has 0 fully saturated rings. The summed E-state index contributed by atoms with van der Waals surface area (Å²) in [6.07, 6.45) is 0. The largest absolute Gasteiger partial charge is 0.455 e. The van der Waals surface area contributed by atoms with E-state index in [1.165, 1.54) is 87.6 Å². The van der Waals surface area contributed by atoms with Crippen molar-refractivity contribution < 1.29 is 4.42 Å². The lowest BCUT2D eigenvalue weighted by Gasteiger charge is -2.31. The Bertz CT molecular complexity index is 4540. The van der Waals surface area contributed by atoms with Gasteiger partial charge in [0.2, 0.25) is 0 Å². The molecule has 13 aromatic carbocycles. The molecule has 14 aromatic rings. The van der Waals surface area contributed by atoms with E-state index in [1.807, 2.05) is 0 Å². The zero-order valence-electron chi connectivity index (χ0n) is 40.5. The van der Waals surface area contributed by atoms with Crippen LogP contribution in [0.3, 0.4) is 0 Å². The minimum absolute atomic E-state index is 0.195. The number of hydrogen-bond donors (Lipinski definition) is 0. The molecule has 0 saturated carbocycles. The Labute approximate surface area is 423 Å². The molecule has 0 radical (unpaired) electrons. The van der Waals surface area contributed by atoms with E-state index >= 15 is 0 Å². The van der Waals surface area contributed by atoms with Crippen molar-refractivity contribution in [3.8, 4) is 44.5 Å². The van der Waals surface area contributed by atoms with Crippen molar-refractivity contribution in [2.24, 2.45) is 0 Å². The minimum Gasteiger partial charge on any atom is -0.455 e. The summed E-state index contributed by atoms with van der Waals surface area (Å²) in [4.78, 5) is 2.50. The Kier molecular flexibility index (Phi) is 9.04. The van der Waals surface area contributed by atoms with E-state index in [4.69, 9.17) is 4.42 Å². The van der Waals surface area contributed by atoms with Gasteiger partial charge in [0.05, 0.1) is 5.69 Å². The molecule has 73 heavy (non-hydrogen) atoms. The highest BCUT2D eigenvalue weighted by molar-refractivity contribution is 6.31. The fourth-order valence-corrected chi connectivity index (χ4v) is 12.5. The number of para-hydroxylation sites is 1. The molecule has 0 atom stereocenters. The summed E-state index contributed by atoms with van der Waals surface area (Å²) in [5.41, 5.74) is 17.0. The van der Waals surface area contributed by atoms with Gasteiger partial charge in [-0.1, -0.05) is 208 Å². The van der Waals surface area contributed by atoms with Crippen LogP contribution >= 0.6 is 0 Å². The van der Waals surface area contributed by atoms with E-state index in [9.17, 15) is 0 Å². The van der Waals surface area contributed by atoms with Gasteiger partial charge >= 0.3 is 0 Å². The summed E-state index contributed by atoms with van der Waals surface area (Å²) in [6.45, 7) is 4.74. The monoisotopic (exact) mass is 929 g/mol. The maximum absolute atomic E-state index is 7.39. The zero-order valence-corrected chi connectivity index (χ0v) is 40.5. The van der Waals surface area contributed by atoms with Gasteiger partial charge in [0.15, 0.2) is 0 Å². The van der Waals surface area contributed by atoms with Gasteiger partial charge in [-0.25, -0.2) is 0 Å². The number of benzene rings is 13. The van der Waals surface area contributed by atoms with E-state index in [0.717, 1.165) is 60.9 Å². The summed E-state index contributed by atoms with van der Waals surface area (Å²) >= 11 is 0. The van der Waals surface area contributed by atoms with Crippen LogP contribution in [0.15, 0.2) is 253 Å². The van der Waals surface area contributed by atoms with Gasteiger partial charge in [0.1, 0.15) is 11.2 Å². The molecule has 2 heteroatoms. The molecule has 0 saturated heterocycles. The third kappa shape index (κ3) is 6.30. The molecule has 1 aromatic heterocycles. The molecule has 1 aliphatic rings. The molecule has 1 aliphatic carbocycles. The molecule has 0 bridgehead atoms. The summed E-state index contributed by atoms with van der Waals surface area (Å²) in [6, 6.07) is 91.8. The minimum atomic E-state index is -0.195. The Morgan fingerprint density at radius 3 is 1.66 bits per heavy atom. The summed E-state index contributed by atoms with van der Waals surface area (Å²) in [7, 11) is 0. The van der Waals surface area contributed by atoms with Crippen LogP contribution in [0.25, 0.3) is 120 Å². The predicted octanol–water partition coefficient (Wildman–Crippen LogP) is 20.1. The number of nitrogens with zero attached hydrogens (tertiary/aromatic N) is 1. The van der Waals surface area contributed by atoms with Crippen LogP contribution in [0.2, 0.25) is 0 Å². The maximum Gasteiger partial charge on any atom is 0.143 e. The van der Waals surface area contributed by atoms with E-state index < -0.39 is 0 Å². The second kappa shape index (κ2) is 15.9. The number of fused-ring (bicyclic) bond motifs is 15. The Balaban J connectivity index is 1.03. The van der Waals surface area contributed by atoms with Crippen molar-refractivity contribution in [2.45, 2.75) is 19.3 Å². The van der Waals surface area contributed by atoms with Gasteiger partial charge < -0.3 is 9.32 Å². The van der Waals surface area contributed by atoms with Gasteiger partial charge in [-0.15, -0.1) is 0 Å². The second-order valence-electron chi connectivity index (χ2n) is 20.3. The number of furan rings is 1. The number of hydrogen-bond acceptors (Lipinski definition) is 2. The fourth-order valence-electron chi connectivity index (χ4n) is 12.5. The first-order valence-corrected chi connectivity index (χ1v) is 25.4. The van der Waals surface area contributed by atoms with Crippen molar-refractivity contribution in [1.29, 1.82) is 0 Å². The molecular formula is C71H47NO. The first kappa shape index (κ1) is 41.5. The molecule has 2 nitrogen and oxygen atoms in total. The highest BCUT2D eigenvalue weighted by Gasteiger charge is 2.36. The Morgan fingerprint density at radius 2 is 0.849 bits per heavy atom. The lowest BCUT2D eigenvalue weighted by molar-refractivity contribution is 0.660. The van der Waals surface area contributed by atoms with E-state index in [2.05, 4.69) is 267 Å². The summed E-state index contributed by atoms with van der Waals surface area (Å²) in [5.74, 6) is 0. The van der Waals surface area contributed by atoms with Gasteiger partial charge in [-0.2, -0.15) is 0 Å². The standard InChI is InChI=1S/C71H47NO/c1-71(2)64-26-13-12-22-57(64)58-38-35-52(43-65(58)71)72(51-33-29-46(30-34-51)48-28-27-45-17-6-7-18-47(45)41-48)66-40-39-60-56-21-9-8-19-54(56)55-20-10-11-23-59(55)67(60)68(66)63-25-14-24-61-62-37-32-50-42-49(44-15-4-3-5-16-44)31-36-53(50)69(62)73-70(61)63/h3-43H,1-2H3. The van der Waals surface area contributed by atoms with Crippen molar-refractivity contribution in [3.63, 3.8) is 0 Å². The smallest absolute Gasteiger partial charge is 0.143 e. The SMILES string of the molecule is CC1(C)c2ccccc2-c2ccc(N(c3ccc(-c4ccc5ccccc5c4)cc3)c3ccc4c5ccccc5c5ccccc5c4c3-c3cccc4c3oc3c5ccc(-c6ccccc6)cc5ccc43)cc21. The maximum atomic E-state index is 7.39. The van der Waals surface area contributed by atoms with Gasteiger partial charge in [0.25, 0.3) is 0 Å². The Morgan fingerprint density at radius 1 is 0.315 bits per heavy atom. The molecule has 0 amide bonds. The highest BCUT2D eigenvalue weighted by atomic mass is 16.3. The fraction of sp³-hybridized carbons (Fsp3) is 0.0423. The molecular weight excluding hydrogens is 883 g/mol. The molecule has 0 spiro atoms. The molecule has 0 N–H and O–H groups in total. The van der Waals surface area contributed by atoms with E-state index in [0.29, 0.717) is 0 Å². The van der Waals surface area contributed by atoms with Crippen molar-refractivity contribution >= 4 is 92.9 Å². The van der Waals surface area contributed by atoms with Gasteiger partial charge in [-0.05, 0) is 142 Å². The number of anilines is 3. The third-order valence-corrected chi connectivity index (χ3v) is 16.0. The number of rotatable bonds is 6. The van der Waals surface area contributed by atoms with Crippen LogP contribution in [0.5, 0.6) is 0 Å². The molecule has 342 valence electrons. The topological polar surface area (TPSA) is 16.4 Å². The predicted molar refractivity (Wildman–Crippen MR) is 310 cm³/mol. The lowest BCUT2D eigenvalue weighted by Crippen LogP contribution is -2.17. The van der Waals surface area contributed by atoms with Crippen LogP contribution in [-0.4, -0.2) is 0 Å². The second-order valence-corrected chi connectivity index (χ2v) is 20.3. The van der Waals surface area contributed by atoms with Gasteiger partial charge in [0, 0.05) is 49.5 Å². The average Bonchev–Trinajstić information content (AvgIpc) is 3.98. The van der Waals surface area contributed by atoms with E-state index in [1.54, 1.807) is 0 Å². The highest BCUT2D eigenvalue weighted by Crippen LogP contribution is 2.54. The summed E-state index contributed by atoms with van der Waals surface area (Å²) in [5, 5.41) is 14.2. The van der Waals surface area contributed by atoms with Crippen LogP contribution in [-0.2, 0) is 5.41 Å². The quantitative estimate of drug-likeness (QED) is 0.155. The van der Waals surface area contributed by atoms with Crippen LogP contribution in [0.1, 0.15) is 25.0 Å². The zero-order chi connectivity index (χ0) is 48.4. The van der Waals surface area contributed by atoms with Crippen LogP contribution < -0.4 is 4.90 Å². The first-order valence-electron chi connectivity index (χ1n) is 25.4. The third-order valence-electron chi connectivity index (χ3n) is 16.0. The van der Waals surface area contributed by atoms with Crippen molar-refractivity contribution in [1.82, 2.24) is 0 Å². The van der Waals surface area contributed by atoms with Gasteiger partial charge in [-0.3, -0.25) is 0 Å². The lowest BCUT2D eigenvalue weighted by atomic mass is 9.82. The van der Waals surface area contributed by atoms with Crippen molar-refractivity contribution in [2.75, 3.05) is 4.90 Å². The molecule has 0 aliphatic heterocycles. The Hall–Kier alpha value is -9.24. The average molecular weight is 930 g/mol. The molecule has 15 rings (SSSR count).